The third kappa shape index (κ3) is 3.01. The molecular weight excluding hydrogens is 298 g/mol. The summed E-state index contributed by atoms with van der Waals surface area (Å²) in [5.41, 5.74) is 2.60. The Hall–Kier alpha value is -2.21. The van der Waals surface area contributed by atoms with E-state index in [1.54, 1.807) is 35.6 Å². The summed E-state index contributed by atoms with van der Waals surface area (Å²) in [5, 5.41) is 4.93. The quantitative estimate of drug-likeness (QED) is 0.942. The minimum absolute atomic E-state index is 0.0539. The molecule has 22 heavy (non-hydrogen) atoms. The number of rotatable bonds is 3. The molecule has 0 atom stereocenters. The average Bonchev–Trinajstić information content (AvgIpc) is 3.04. The van der Waals surface area contributed by atoms with Gasteiger partial charge in [0.1, 0.15) is 0 Å². The van der Waals surface area contributed by atoms with E-state index >= 15 is 0 Å². The van der Waals surface area contributed by atoms with E-state index < -0.39 is 0 Å². The van der Waals surface area contributed by atoms with Gasteiger partial charge in [-0.05, 0) is 29.0 Å². The predicted molar refractivity (Wildman–Crippen MR) is 84.5 cm³/mol. The van der Waals surface area contributed by atoms with Gasteiger partial charge in [-0.2, -0.15) is 0 Å². The van der Waals surface area contributed by atoms with Gasteiger partial charge in [-0.3, -0.25) is 14.6 Å². The Balaban J connectivity index is 1.76. The van der Waals surface area contributed by atoms with Crippen LogP contribution in [0.3, 0.4) is 0 Å². The van der Waals surface area contributed by atoms with Gasteiger partial charge in [0.15, 0.2) is 0 Å². The van der Waals surface area contributed by atoms with Gasteiger partial charge in [-0.15, -0.1) is 11.3 Å². The predicted octanol–water partition coefficient (Wildman–Crippen LogP) is 1.98. The number of pyridine rings is 1. The van der Waals surface area contributed by atoms with E-state index in [0.717, 1.165) is 16.0 Å². The van der Waals surface area contributed by atoms with Crippen molar-refractivity contribution < 1.29 is 9.59 Å². The van der Waals surface area contributed by atoms with Crippen molar-refractivity contribution in [3.63, 3.8) is 0 Å². The van der Waals surface area contributed by atoms with Gasteiger partial charge in [-0.1, -0.05) is 6.07 Å². The Morgan fingerprint density at radius 3 is 3.00 bits per heavy atom. The maximum Gasteiger partial charge on any atom is 0.253 e. The molecule has 5 nitrogen and oxygen atoms in total. The zero-order valence-corrected chi connectivity index (χ0v) is 13.2. The second-order valence-corrected chi connectivity index (χ2v) is 6.31. The molecule has 2 aromatic rings. The highest BCUT2D eigenvalue weighted by molar-refractivity contribution is 7.09. The van der Waals surface area contributed by atoms with Gasteiger partial charge < -0.3 is 10.2 Å². The lowest BCUT2D eigenvalue weighted by Gasteiger charge is -2.28. The minimum atomic E-state index is -0.103. The van der Waals surface area contributed by atoms with E-state index in [0.29, 0.717) is 31.6 Å². The van der Waals surface area contributed by atoms with Crippen molar-refractivity contribution in [1.82, 2.24) is 15.2 Å². The highest BCUT2D eigenvalue weighted by Crippen LogP contribution is 2.21. The minimum Gasteiger partial charge on any atom is -0.347 e. The fraction of sp³-hybridized carbons (Fsp3) is 0.312. The molecule has 0 aliphatic carbocycles. The summed E-state index contributed by atoms with van der Waals surface area (Å²) in [7, 11) is 0. The molecule has 3 heterocycles. The molecule has 3 rings (SSSR count). The number of hydrogen-bond donors (Lipinski definition) is 1. The molecular formula is C16H17N3O2S. The molecule has 1 aliphatic heterocycles. The highest BCUT2D eigenvalue weighted by atomic mass is 32.1. The first-order valence-electron chi connectivity index (χ1n) is 7.17. The van der Waals surface area contributed by atoms with Crippen LogP contribution in [-0.2, 0) is 24.3 Å². The lowest BCUT2D eigenvalue weighted by molar-refractivity contribution is -0.129. The largest absolute Gasteiger partial charge is 0.347 e. The molecule has 114 valence electrons. The summed E-state index contributed by atoms with van der Waals surface area (Å²) in [6, 6.07) is 3.96. The SMILES string of the molecule is CC(=O)N1CCc2c(cncc2C(=O)NCc2cccs2)C1. The molecule has 2 aromatic heterocycles. The number of nitrogens with one attached hydrogen (secondary N) is 1. The summed E-state index contributed by atoms with van der Waals surface area (Å²) in [5.74, 6) is -0.0489. The van der Waals surface area contributed by atoms with E-state index in [2.05, 4.69) is 10.3 Å². The molecule has 0 saturated heterocycles. The first-order valence-corrected chi connectivity index (χ1v) is 8.05. The van der Waals surface area contributed by atoms with Crippen LogP contribution in [0.2, 0.25) is 0 Å². The standard InChI is InChI=1S/C16H17N3O2S/c1-11(20)19-5-4-14-12(10-19)7-17-9-15(14)16(21)18-8-13-3-2-6-22-13/h2-3,6-7,9H,4-5,8,10H2,1H3,(H,18,21). The molecule has 0 fully saturated rings. The van der Waals surface area contributed by atoms with Crippen molar-refractivity contribution in [3.8, 4) is 0 Å². The van der Waals surface area contributed by atoms with Crippen molar-refractivity contribution >= 4 is 23.2 Å². The molecule has 1 N–H and O–H groups in total. The summed E-state index contributed by atoms with van der Waals surface area (Å²) in [6.45, 7) is 3.27. The van der Waals surface area contributed by atoms with Crippen molar-refractivity contribution in [1.29, 1.82) is 0 Å². The topological polar surface area (TPSA) is 62.3 Å². The number of fused-ring (bicyclic) bond motifs is 1. The number of amides is 2. The Kier molecular flexibility index (Phi) is 4.20. The molecule has 6 heteroatoms. The van der Waals surface area contributed by atoms with Crippen LogP contribution in [0.25, 0.3) is 0 Å². The maximum atomic E-state index is 12.4. The first kappa shape index (κ1) is 14.7. The molecule has 2 amide bonds. The van der Waals surface area contributed by atoms with Gasteiger partial charge >= 0.3 is 0 Å². The van der Waals surface area contributed by atoms with Crippen LogP contribution in [-0.4, -0.2) is 28.2 Å². The zero-order valence-electron chi connectivity index (χ0n) is 12.3. The number of carbonyl (C=O) groups excluding carboxylic acids is 2. The lowest BCUT2D eigenvalue weighted by Crippen LogP contribution is -2.36. The molecule has 0 bridgehead atoms. The Morgan fingerprint density at radius 1 is 1.41 bits per heavy atom. The van der Waals surface area contributed by atoms with E-state index in [9.17, 15) is 9.59 Å². The average molecular weight is 315 g/mol. The molecule has 1 aliphatic rings. The summed E-state index contributed by atoms with van der Waals surface area (Å²) < 4.78 is 0. The Morgan fingerprint density at radius 2 is 2.27 bits per heavy atom. The molecule has 0 saturated carbocycles. The van der Waals surface area contributed by atoms with Gasteiger partial charge in [0.2, 0.25) is 5.91 Å². The van der Waals surface area contributed by atoms with Gasteiger partial charge in [0, 0.05) is 37.3 Å². The third-order valence-electron chi connectivity index (χ3n) is 3.83. The van der Waals surface area contributed by atoms with Gasteiger partial charge in [0.25, 0.3) is 5.91 Å². The van der Waals surface area contributed by atoms with Crippen LogP contribution in [0.15, 0.2) is 29.9 Å². The Bertz CT molecular complexity index is 697. The number of nitrogens with zero attached hydrogens (tertiary/aromatic N) is 2. The Labute approximate surface area is 133 Å². The summed E-state index contributed by atoms with van der Waals surface area (Å²) in [6.07, 6.45) is 4.06. The molecule has 0 unspecified atom stereocenters. The number of aromatic nitrogens is 1. The van der Waals surface area contributed by atoms with Crippen LogP contribution in [0.5, 0.6) is 0 Å². The second-order valence-electron chi connectivity index (χ2n) is 5.28. The van der Waals surface area contributed by atoms with Crippen molar-refractivity contribution in [3.05, 3.63) is 51.5 Å². The number of hydrogen-bond acceptors (Lipinski definition) is 4. The van der Waals surface area contributed by atoms with E-state index in [1.165, 1.54) is 0 Å². The van der Waals surface area contributed by atoms with Gasteiger partial charge in [0.05, 0.1) is 12.1 Å². The fourth-order valence-corrected chi connectivity index (χ4v) is 3.28. The smallest absolute Gasteiger partial charge is 0.253 e. The zero-order chi connectivity index (χ0) is 15.5. The number of thiophene rings is 1. The summed E-state index contributed by atoms with van der Waals surface area (Å²) >= 11 is 1.62. The van der Waals surface area contributed by atoms with E-state index in [-0.39, 0.29) is 11.8 Å². The normalized spacial score (nSPS) is 13.6. The van der Waals surface area contributed by atoms with E-state index in [4.69, 9.17) is 0 Å². The van der Waals surface area contributed by atoms with Gasteiger partial charge in [-0.25, -0.2) is 0 Å². The van der Waals surface area contributed by atoms with Crippen LogP contribution in [0.4, 0.5) is 0 Å². The molecule has 0 radical (unpaired) electrons. The maximum absolute atomic E-state index is 12.4. The van der Waals surface area contributed by atoms with Crippen LogP contribution in [0.1, 0.15) is 33.3 Å². The third-order valence-corrected chi connectivity index (χ3v) is 4.71. The van der Waals surface area contributed by atoms with Crippen LogP contribution in [0, 0.1) is 0 Å². The van der Waals surface area contributed by atoms with Crippen molar-refractivity contribution in [2.45, 2.75) is 26.4 Å². The van der Waals surface area contributed by atoms with Crippen molar-refractivity contribution in [2.75, 3.05) is 6.54 Å². The summed E-state index contributed by atoms with van der Waals surface area (Å²) in [4.78, 5) is 30.9. The lowest BCUT2D eigenvalue weighted by atomic mass is 9.96. The highest BCUT2D eigenvalue weighted by Gasteiger charge is 2.23. The molecule has 0 spiro atoms. The monoisotopic (exact) mass is 315 g/mol. The molecule has 0 aromatic carbocycles. The van der Waals surface area contributed by atoms with Crippen molar-refractivity contribution in [2.24, 2.45) is 0 Å². The number of carbonyl (C=O) groups is 2. The van der Waals surface area contributed by atoms with E-state index in [1.807, 2.05) is 17.5 Å². The van der Waals surface area contributed by atoms with Crippen LogP contribution >= 0.6 is 11.3 Å². The fourth-order valence-electron chi connectivity index (χ4n) is 2.63. The first-order chi connectivity index (χ1) is 10.6. The second kappa shape index (κ2) is 6.27. The van der Waals surface area contributed by atoms with Crippen LogP contribution < -0.4 is 5.32 Å².